The maximum Gasteiger partial charge on any atom is 0.264 e. The van der Waals surface area contributed by atoms with Crippen molar-refractivity contribution in [3.05, 3.63) is 128 Å². The van der Waals surface area contributed by atoms with Crippen LogP contribution in [0.5, 0.6) is 0 Å². The van der Waals surface area contributed by atoms with E-state index in [0.29, 0.717) is 12.1 Å². The summed E-state index contributed by atoms with van der Waals surface area (Å²) in [5.41, 5.74) is 1.21. The van der Waals surface area contributed by atoms with Gasteiger partial charge in [0.05, 0.1) is 20.6 Å². The lowest BCUT2D eigenvalue weighted by Crippen LogP contribution is -2.53. The smallest absolute Gasteiger partial charge is 0.264 e. The number of amides is 2. The molecule has 0 aliphatic heterocycles. The first-order valence-corrected chi connectivity index (χ1v) is 17.4. The maximum atomic E-state index is 14.6. The molecular weight excluding hydrogens is 688 g/mol. The monoisotopic (exact) mass is 719 g/mol. The van der Waals surface area contributed by atoms with Crippen LogP contribution in [0, 0.1) is 5.92 Å². The Morgan fingerprint density at radius 2 is 1.33 bits per heavy atom. The van der Waals surface area contributed by atoms with E-state index in [9.17, 15) is 18.0 Å². The summed E-state index contributed by atoms with van der Waals surface area (Å²) in [6.07, 6.45) is 0.141. The van der Waals surface area contributed by atoms with Gasteiger partial charge in [0.15, 0.2) is 0 Å². The molecule has 0 unspecified atom stereocenters. The molecule has 12 heteroatoms. The molecule has 2 amide bonds. The molecule has 46 heavy (non-hydrogen) atoms. The summed E-state index contributed by atoms with van der Waals surface area (Å²) < 4.78 is 29.2. The van der Waals surface area contributed by atoms with E-state index >= 15 is 0 Å². The minimum absolute atomic E-state index is 0.00552. The van der Waals surface area contributed by atoms with Crippen molar-refractivity contribution in [3.8, 4) is 0 Å². The van der Waals surface area contributed by atoms with Crippen LogP contribution in [0.2, 0.25) is 20.1 Å². The molecule has 0 saturated carbocycles. The third-order valence-electron chi connectivity index (χ3n) is 7.16. The molecule has 0 radical (unpaired) electrons. The lowest BCUT2D eigenvalue weighted by Gasteiger charge is -2.34. The lowest BCUT2D eigenvalue weighted by atomic mass is 10.0. The number of carbonyl (C=O) groups excluding carboxylic acids is 2. The summed E-state index contributed by atoms with van der Waals surface area (Å²) in [7, 11) is -4.35. The fourth-order valence-electron chi connectivity index (χ4n) is 4.75. The molecular formula is C34H33Cl4N3O4S. The van der Waals surface area contributed by atoms with Crippen LogP contribution in [0.4, 0.5) is 5.69 Å². The molecule has 4 rings (SSSR count). The molecule has 4 aromatic rings. The molecule has 0 aliphatic carbocycles. The van der Waals surface area contributed by atoms with Gasteiger partial charge < -0.3 is 10.2 Å². The van der Waals surface area contributed by atoms with Gasteiger partial charge in [0.25, 0.3) is 10.0 Å². The van der Waals surface area contributed by atoms with Gasteiger partial charge in [-0.3, -0.25) is 13.9 Å². The molecule has 0 aromatic heterocycles. The highest BCUT2D eigenvalue weighted by Gasteiger charge is 2.36. The Morgan fingerprint density at radius 3 is 1.93 bits per heavy atom. The molecule has 4 aromatic carbocycles. The fraction of sp³-hybridized carbons (Fsp3) is 0.235. The van der Waals surface area contributed by atoms with Crippen LogP contribution in [0.25, 0.3) is 0 Å². The molecule has 0 fully saturated rings. The van der Waals surface area contributed by atoms with Gasteiger partial charge in [-0.05, 0) is 47.9 Å². The highest BCUT2D eigenvalue weighted by Crippen LogP contribution is 2.36. The van der Waals surface area contributed by atoms with Gasteiger partial charge in [-0.1, -0.05) is 121 Å². The zero-order valence-electron chi connectivity index (χ0n) is 25.2. The van der Waals surface area contributed by atoms with E-state index in [1.807, 2.05) is 44.2 Å². The molecule has 0 aliphatic rings. The van der Waals surface area contributed by atoms with E-state index in [1.165, 1.54) is 29.2 Å². The molecule has 0 heterocycles. The molecule has 242 valence electrons. The van der Waals surface area contributed by atoms with Crippen molar-refractivity contribution in [2.45, 2.75) is 37.8 Å². The predicted molar refractivity (Wildman–Crippen MR) is 186 cm³/mol. The molecule has 7 nitrogen and oxygen atoms in total. The van der Waals surface area contributed by atoms with Gasteiger partial charge in [0.2, 0.25) is 11.8 Å². The summed E-state index contributed by atoms with van der Waals surface area (Å²) in [5, 5.41) is 3.58. The van der Waals surface area contributed by atoms with Crippen LogP contribution < -0.4 is 9.62 Å². The Labute approximate surface area is 290 Å². The average molecular weight is 722 g/mol. The van der Waals surface area contributed by atoms with Gasteiger partial charge in [-0.25, -0.2) is 8.42 Å². The first-order chi connectivity index (χ1) is 21.9. The topological polar surface area (TPSA) is 86.8 Å². The third-order valence-corrected chi connectivity index (χ3v) is 10.4. The number of nitrogens with zero attached hydrogens (tertiary/aromatic N) is 2. The van der Waals surface area contributed by atoms with Crippen molar-refractivity contribution in [1.29, 1.82) is 0 Å². The van der Waals surface area contributed by atoms with Crippen molar-refractivity contribution in [1.82, 2.24) is 10.2 Å². The van der Waals surface area contributed by atoms with Crippen molar-refractivity contribution in [2.24, 2.45) is 5.92 Å². The number of anilines is 1. The summed E-state index contributed by atoms with van der Waals surface area (Å²) in [6.45, 7) is 3.40. The predicted octanol–water partition coefficient (Wildman–Crippen LogP) is 7.91. The van der Waals surface area contributed by atoms with Crippen LogP contribution in [-0.4, -0.2) is 44.3 Å². The van der Waals surface area contributed by atoms with E-state index in [2.05, 4.69) is 5.32 Å². The number of hydrogen-bond acceptors (Lipinski definition) is 4. The highest BCUT2D eigenvalue weighted by molar-refractivity contribution is 7.92. The molecule has 1 N–H and O–H groups in total. The number of nitrogens with one attached hydrogen (secondary N) is 1. The fourth-order valence-corrected chi connectivity index (χ4v) is 7.16. The van der Waals surface area contributed by atoms with E-state index in [4.69, 9.17) is 46.4 Å². The quantitative estimate of drug-likeness (QED) is 0.152. The van der Waals surface area contributed by atoms with Gasteiger partial charge in [0, 0.05) is 35.1 Å². The Bertz CT molecular complexity index is 1750. The Morgan fingerprint density at radius 1 is 0.761 bits per heavy atom. The summed E-state index contributed by atoms with van der Waals surface area (Å²) in [4.78, 5) is 29.7. The summed E-state index contributed by atoms with van der Waals surface area (Å²) >= 11 is 26.0. The molecule has 0 bridgehead atoms. The highest BCUT2D eigenvalue weighted by atomic mass is 35.5. The second kappa shape index (κ2) is 16.0. The molecule has 0 saturated heterocycles. The van der Waals surface area contributed by atoms with Crippen molar-refractivity contribution in [3.63, 3.8) is 0 Å². The van der Waals surface area contributed by atoms with Crippen molar-refractivity contribution in [2.75, 3.05) is 17.4 Å². The van der Waals surface area contributed by atoms with Gasteiger partial charge in [0.1, 0.15) is 12.6 Å². The average Bonchev–Trinajstić information content (AvgIpc) is 3.03. The Hall–Kier alpha value is -3.27. The lowest BCUT2D eigenvalue weighted by molar-refractivity contribution is -0.140. The van der Waals surface area contributed by atoms with Gasteiger partial charge in [-0.2, -0.15) is 0 Å². The van der Waals surface area contributed by atoms with E-state index in [0.717, 1.165) is 9.87 Å². The van der Waals surface area contributed by atoms with Crippen LogP contribution in [0.3, 0.4) is 0 Å². The van der Waals surface area contributed by atoms with Crippen LogP contribution in [0.15, 0.2) is 102 Å². The van der Waals surface area contributed by atoms with Crippen molar-refractivity contribution < 1.29 is 18.0 Å². The molecule has 1 atom stereocenters. The minimum Gasteiger partial charge on any atom is -0.354 e. The SMILES string of the molecule is CC(C)CNC(=O)[C@H](Cc1ccccc1)N(Cc1c(Cl)cccc1Cl)C(=O)CN(c1cccc(Cl)c1Cl)S(=O)(=O)c1ccccc1. The maximum absolute atomic E-state index is 14.6. The number of sulfonamides is 1. The normalized spacial score (nSPS) is 12.1. The number of halogens is 4. The first-order valence-electron chi connectivity index (χ1n) is 14.5. The first kappa shape index (κ1) is 35.6. The second-order valence-electron chi connectivity index (χ2n) is 11.0. The standard InChI is InChI=1S/C34H33Cl4N3O4S/c1-23(2)20-39-34(43)31(19-24-11-5-3-6-12-24)40(21-26-27(35)15-9-16-28(26)36)32(42)22-41(30-18-10-17-29(37)33(30)38)46(44,45)25-13-7-4-8-14-25/h3-18,23,31H,19-22H2,1-2H3,(H,39,43)/t31-/m0/s1. The number of carbonyl (C=O) groups is 2. The number of hydrogen-bond donors (Lipinski definition) is 1. The Kier molecular flexibility index (Phi) is 12.4. The minimum atomic E-state index is -4.35. The van der Waals surface area contributed by atoms with Crippen molar-refractivity contribution >= 4 is 73.9 Å². The summed E-state index contributed by atoms with van der Waals surface area (Å²) in [5.74, 6) is -0.959. The Balaban J connectivity index is 1.86. The van der Waals surface area contributed by atoms with E-state index < -0.39 is 34.4 Å². The third kappa shape index (κ3) is 8.75. The number of benzene rings is 4. The zero-order valence-corrected chi connectivity index (χ0v) is 29.0. The summed E-state index contributed by atoms with van der Waals surface area (Å²) in [6, 6.07) is 25.3. The number of rotatable bonds is 13. The van der Waals surface area contributed by atoms with Gasteiger partial charge >= 0.3 is 0 Å². The van der Waals surface area contributed by atoms with Gasteiger partial charge in [-0.15, -0.1) is 0 Å². The van der Waals surface area contributed by atoms with E-state index in [-0.39, 0.29) is 49.6 Å². The van der Waals surface area contributed by atoms with Crippen LogP contribution in [-0.2, 0) is 32.6 Å². The van der Waals surface area contributed by atoms with Crippen LogP contribution in [0.1, 0.15) is 25.0 Å². The van der Waals surface area contributed by atoms with Crippen LogP contribution >= 0.6 is 46.4 Å². The second-order valence-corrected chi connectivity index (χ2v) is 14.4. The van der Waals surface area contributed by atoms with E-state index in [1.54, 1.807) is 42.5 Å². The zero-order chi connectivity index (χ0) is 33.4. The molecule has 0 spiro atoms. The largest absolute Gasteiger partial charge is 0.354 e.